The van der Waals surface area contributed by atoms with Crippen LogP contribution in [0.1, 0.15) is 18.9 Å². The molecule has 1 unspecified atom stereocenters. The number of benzene rings is 1. The van der Waals surface area contributed by atoms with Crippen LogP contribution in [0.2, 0.25) is 0 Å². The van der Waals surface area contributed by atoms with E-state index in [1.807, 2.05) is 31.2 Å². The first-order chi connectivity index (χ1) is 8.69. The Balaban J connectivity index is 2.17. The van der Waals surface area contributed by atoms with Crippen LogP contribution in [-0.2, 0) is 10.3 Å². The summed E-state index contributed by atoms with van der Waals surface area (Å²) < 4.78 is 5.33. The average Bonchev–Trinajstić information content (AvgIpc) is 2.47. The molecule has 3 nitrogen and oxygen atoms in total. The van der Waals surface area contributed by atoms with Crippen LogP contribution in [0.3, 0.4) is 0 Å². The number of ether oxygens (including phenoxy) is 1. The van der Waals surface area contributed by atoms with Crippen molar-refractivity contribution in [2.45, 2.75) is 18.9 Å². The maximum Gasteiger partial charge on any atom is 0.150 e. The summed E-state index contributed by atoms with van der Waals surface area (Å²) in [7, 11) is 0. The summed E-state index contributed by atoms with van der Waals surface area (Å²) in [6.07, 6.45) is 5.92. The number of hydrogen-bond donors (Lipinski definition) is 1. The molecule has 0 bridgehead atoms. The molecule has 1 aliphatic heterocycles. The lowest BCUT2D eigenvalue weighted by Gasteiger charge is -2.29. The van der Waals surface area contributed by atoms with Crippen molar-refractivity contribution in [3.63, 3.8) is 0 Å². The Morgan fingerprint density at radius 2 is 1.94 bits per heavy atom. The SMILES string of the molecule is C#CC(O)(CC)c1ccc(N2CCOCC2)cc1. The Kier molecular flexibility index (Phi) is 3.90. The fourth-order valence-electron chi connectivity index (χ4n) is 2.16. The lowest BCUT2D eigenvalue weighted by molar-refractivity contribution is 0.0961. The van der Waals surface area contributed by atoms with Gasteiger partial charge in [0, 0.05) is 18.8 Å². The van der Waals surface area contributed by atoms with Gasteiger partial charge in [0.1, 0.15) is 5.60 Å². The molecule has 18 heavy (non-hydrogen) atoms. The van der Waals surface area contributed by atoms with E-state index in [0.29, 0.717) is 6.42 Å². The Bertz CT molecular complexity index is 429. The lowest BCUT2D eigenvalue weighted by atomic mass is 9.92. The summed E-state index contributed by atoms with van der Waals surface area (Å²) in [5.74, 6) is 2.47. The zero-order valence-corrected chi connectivity index (χ0v) is 10.7. The van der Waals surface area contributed by atoms with E-state index in [1.54, 1.807) is 0 Å². The number of terminal acetylenes is 1. The Hall–Kier alpha value is -1.50. The Labute approximate surface area is 108 Å². The first kappa shape index (κ1) is 12.9. The molecule has 1 aromatic rings. The van der Waals surface area contributed by atoms with E-state index >= 15 is 0 Å². The summed E-state index contributed by atoms with van der Waals surface area (Å²) in [5.41, 5.74) is 0.783. The predicted molar refractivity (Wildman–Crippen MR) is 72.5 cm³/mol. The van der Waals surface area contributed by atoms with Crippen LogP contribution in [0.4, 0.5) is 5.69 Å². The Morgan fingerprint density at radius 1 is 1.33 bits per heavy atom. The van der Waals surface area contributed by atoms with Gasteiger partial charge in [-0.1, -0.05) is 25.0 Å². The van der Waals surface area contributed by atoms with Crippen molar-refractivity contribution >= 4 is 5.69 Å². The first-order valence-corrected chi connectivity index (χ1v) is 6.33. The third kappa shape index (κ3) is 2.50. The first-order valence-electron chi connectivity index (χ1n) is 6.33. The van der Waals surface area contributed by atoms with Crippen LogP contribution in [0.5, 0.6) is 0 Å². The minimum absolute atomic E-state index is 0.514. The van der Waals surface area contributed by atoms with Crippen molar-refractivity contribution in [3.8, 4) is 12.3 Å². The van der Waals surface area contributed by atoms with Crippen LogP contribution < -0.4 is 4.90 Å². The highest BCUT2D eigenvalue weighted by Gasteiger charge is 2.24. The zero-order valence-electron chi connectivity index (χ0n) is 10.7. The third-order valence-corrected chi connectivity index (χ3v) is 3.47. The van der Waals surface area contributed by atoms with Gasteiger partial charge in [-0.25, -0.2) is 0 Å². The molecule has 0 aromatic heterocycles. The highest BCUT2D eigenvalue weighted by molar-refractivity contribution is 5.49. The number of anilines is 1. The molecule has 0 radical (unpaired) electrons. The summed E-state index contributed by atoms with van der Waals surface area (Å²) in [6, 6.07) is 7.85. The summed E-state index contributed by atoms with van der Waals surface area (Å²) >= 11 is 0. The van der Waals surface area contributed by atoms with Crippen molar-refractivity contribution < 1.29 is 9.84 Å². The molecule has 3 heteroatoms. The molecule has 1 N–H and O–H groups in total. The molecule has 96 valence electrons. The number of morpholine rings is 1. The third-order valence-electron chi connectivity index (χ3n) is 3.47. The smallest absolute Gasteiger partial charge is 0.150 e. The van der Waals surface area contributed by atoms with Crippen LogP contribution in [0, 0.1) is 12.3 Å². The van der Waals surface area contributed by atoms with Crippen molar-refractivity contribution in [2.24, 2.45) is 0 Å². The van der Waals surface area contributed by atoms with Gasteiger partial charge in [0.05, 0.1) is 13.2 Å². The van der Waals surface area contributed by atoms with Gasteiger partial charge in [0.15, 0.2) is 0 Å². The largest absolute Gasteiger partial charge is 0.378 e. The number of rotatable bonds is 3. The van der Waals surface area contributed by atoms with Gasteiger partial charge < -0.3 is 14.7 Å². The van der Waals surface area contributed by atoms with Gasteiger partial charge in [0.25, 0.3) is 0 Å². The average molecular weight is 245 g/mol. The fraction of sp³-hybridized carbons (Fsp3) is 0.467. The Morgan fingerprint density at radius 3 is 2.44 bits per heavy atom. The fourth-order valence-corrected chi connectivity index (χ4v) is 2.16. The summed E-state index contributed by atoms with van der Waals surface area (Å²) in [4.78, 5) is 2.27. The van der Waals surface area contributed by atoms with Crippen molar-refractivity contribution in [1.82, 2.24) is 0 Å². The number of nitrogens with zero attached hydrogens (tertiary/aromatic N) is 1. The normalized spacial score (nSPS) is 19.1. The maximum atomic E-state index is 10.2. The monoisotopic (exact) mass is 245 g/mol. The van der Waals surface area contributed by atoms with Crippen LogP contribution in [0.15, 0.2) is 24.3 Å². The van der Waals surface area contributed by atoms with Gasteiger partial charge in [-0.15, -0.1) is 6.42 Å². The van der Waals surface area contributed by atoms with Crippen molar-refractivity contribution in [1.29, 1.82) is 0 Å². The molecular formula is C15H19NO2. The number of aliphatic hydroxyl groups is 1. The predicted octanol–water partition coefficient (Wildman–Crippen LogP) is 1.75. The minimum Gasteiger partial charge on any atom is -0.378 e. The number of hydrogen-bond acceptors (Lipinski definition) is 3. The second-order valence-electron chi connectivity index (χ2n) is 4.50. The van der Waals surface area contributed by atoms with E-state index in [2.05, 4.69) is 10.8 Å². The van der Waals surface area contributed by atoms with E-state index in [4.69, 9.17) is 11.2 Å². The molecule has 0 saturated carbocycles. The summed E-state index contributed by atoms with van der Waals surface area (Å²) in [5, 5.41) is 10.2. The highest BCUT2D eigenvalue weighted by Crippen LogP contribution is 2.26. The molecule has 1 aliphatic rings. The van der Waals surface area contributed by atoms with E-state index in [1.165, 1.54) is 0 Å². The molecular weight excluding hydrogens is 226 g/mol. The van der Waals surface area contributed by atoms with E-state index in [9.17, 15) is 5.11 Å². The second-order valence-corrected chi connectivity index (χ2v) is 4.50. The maximum absolute atomic E-state index is 10.2. The highest BCUT2D eigenvalue weighted by atomic mass is 16.5. The van der Waals surface area contributed by atoms with Gasteiger partial charge in [-0.2, -0.15) is 0 Å². The van der Waals surface area contributed by atoms with Gasteiger partial charge in [-0.05, 0) is 24.1 Å². The summed E-state index contributed by atoms with van der Waals surface area (Å²) in [6.45, 7) is 5.24. The zero-order chi connectivity index (χ0) is 13.0. The second kappa shape index (κ2) is 5.43. The standard InChI is InChI=1S/C15H19NO2/c1-3-15(17,4-2)13-5-7-14(8-6-13)16-9-11-18-12-10-16/h1,5-8,17H,4,9-12H2,2H3. The van der Waals surface area contributed by atoms with Gasteiger partial charge in [0.2, 0.25) is 0 Å². The van der Waals surface area contributed by atoms with E-state index < -0.39 is 5.60 Å². The molecule has 1 heterocycles. The topological polar surface area (TPSA) is 32.7 Å². The van der Waals surface area contributed by atoms with Crippen LogP contribution in [-0.4, -0.2) is 31.4 Å². The molecule has 1 aromatic carbocycles. The molecule has 1 atom stereocenters. The molecule has 1 fully saturated rings. The molecule has 1 saturated heterocycles. The molecule has 0 amide bonds. The van der Waals surface area contributed by atoms with Crippen molar-refractivity contribution in [3.05, 3.63) is 29.8 Å². The van der Waals surface area contributed by atoms with Gasteiger partial charge in [-0.3, -0.25) is 0 Å². The van der Waals surface area contributed by atoms with Crippen LogP contribution in [0.25, 0.3) is 0 Å². The molecule has 0 spiro atoms. The lowest BCUT2D eigenvalue weighted by Crippen LogP contribution is -2.36. The van der Waals surface area contributed by atoms with Crippen LogP contribution >= 0.6 is 0 Å². The molecule has 2 rings (SSSR count). The minimum atomic E-state index is -1.15. The van der Waals surface area contributed by atoms with E-state index in [-0.39, 0.29) is 0 Å². The van der Waals surface area contributed by atoms with E-state index in [0.717, 1.165) is 37.6 Å². The molecule has 0 aliphatic carbocycles. The quantitative estimate of drug-likeness (QED) is 0.824. The van der Waals surface area contributed by atoms with Gasteiger partial charge >= 0.3 is 0 Å². The van der Waals surface area contributed by atoms with Crippen molar-refractivity contribution in [2.75, 3.05) is 31.2 Å².